The average Bonchev–Trinajstić information content (AvgIpc) is 1.41. The van der Waals surface area contributed by atoms with Gasteiger partial charge in [-0.3, -0.25) is 0 Å². The lowest BCUT2D eigenvalue weighted by Gasteiger charge is -1.76. The Morgan fingerprint density at radius 1 is 2.00 bits per heavy atom. The normalized spacial score (nSPS) is 9.40. The first-order chi connectivity index (χ1) is 2.41. The van der Waals surface area contributed by atoms with Crippen molar-refractivity contribution in [3.8, 4) is 6.00 Å². The van der Waals surface area contributed by atoms with E-state index in [1.165, 1.54) is 0 Å². The van der Waals surface area contributed by atoms with Crippen LogP contribution < -0.4 is 0 Å². The monoisotopic (exact) mass is 118 g/mol. The summed E-state index contributed by atoms with van der Waals surface area (Å²) in [6.45, 7) is 0. The Morgan fingerprint density at radius 3 is 2.60 bits per heavy atom. The summed E-state index contributed by atoms with van der Waals surface area (Å²) in [6, 6.07) is 5.13. The highest BCUT2D eigenvalue weighted by Crippen LogP contribution is 1.39. The van der Waals surface area contributed by atoms with Crippen LogP contribution in [0, 0.1) is 6.00 Å². The molecular weight excluding hydrogens is 112 g/mol. The van der Waals surface area contributed by atoms with Crippen molar-refractivity contribution >= 4 is 28.2 Å². The topological polar surface area (TPSA) is 9.23 Å². The van der Waals surface area contributed by atoms with Crippen LogP contribution in [0.1, 0.15) is 0 Å². The first kappa shape index (κ1) is 5.39. The Hall–Kier alpha value is 0.391. The third-order valence-electron chi connectivity index (χ3n) is 0.228. The van der Waals surface area contributed by atoms with E-state index < -0.39 is 0 Å². The Morgan fingerprint density at radius 2 is 2.60 bits per heavy atom. The maximum absolute atomic E-state index is 5.13. The van der Waals surface area contributed by atoms with E-state index in [2.05, 4.69) is 0 Å². The van der Waals surface area contributed by atoms with Crippen molar-refractivity contribution in [2.75, 3.05) is 0 Å². The average molecular weight is 118 g/mol. The zero-order valence-electron chi connectivity index (χ0n) is 3.19. The zero-order chi connectivity index (χ0) is 4.12. The van der Waals surface area contributed by atoms with Crippen LogP contribution in [0.2, 0.25) is 0 Å². The summed E-state index contributed by atoms with van der Waals surface area (Å²) < 4.78 is 4.86. The molecule has 0 aromatic rings. The first-order valence-electron chi connectivity index (χ1n) is 1.34. The Kier molecular flexibility index (Phi) is 4.73. The molecule has 0 amide bonds. The molecule has 0 aliphatic heterocycles. The molecule has 0 N–H and O–H groups in total. The Bertz CT molecular complexity index is 45.3. The third kappa shape index (κ3) is 4.39. The lowest BCUT2D eigenvalue weighted by atomic mass is 12.0. The summed E-state index contributed by atoms with van der Waals surface area (Å²) in [5, 5.41) is 0. The van der Waals surface area contributed by atoms with Crippen LogP contribution in [0.5, 0.6) is 0 Å². The summed E-state index contributed by atoms with van der Waals surface area (Å²) in [4.78, 5) is 0. The number of hydrogen-bond donors (Lipinski definition) is 0. The molecule has 5 heavy (non-hydrogen) atoms. The maximum atomic E-state index is 5.13. The van der Waals surface area contributed by atoms with Gasteiger partial charge >= 0.3 is 0 Å². The Balaban J connectivity index is 2.48. The molecule has 0 saturated carbocycles. The zero-order valence-corrected chi connectivity index (χ0v) is 7.61. The van der Waals surface area contributed by atoms with E-state index in [4.69, 9.17) is 10.1 Å². The molecule has 0 unspecified atom stereocenters. The van der Waals surface area contributed by atoms with Crippen molar-refractivity contribution in [3.05, 3.63) is 0 Å². The lowest BCUT2D eigenvalue weighted by molar-refractivity contribution is 0.683. The highest BCUT2D eigenvalue weighted by atomic mass is 29.1. The standard InChI is InChI=1S/CH6OSi3/c1-4-5-2-3/h1H,5H2,3H3. The smallest absolute Gasteiger partial charge is 0.195 e. The van der Waals surface area contributed by atoms with Crippen LogP contribution in [0.4, 0.5) is 0 Å². The van der Waals surface area contributed by atoms with E-state index >= 15 is 0 Å². The molecule has 0 atom stereocenters. The van der Waals surface area contributed by atoms with Gasteiger partial charge in [-0.15, -0.1) is 0 Å². The van der Waals surface area contributed by atoms with Gasteiger partial charge in [0, 0.05) is 0 Å². The summed E-state index contributed by atoms with van der Waals surface area (Å²) in [6.07, 6.45) is 0. The second-order valence-corrected chi connectivity index (χ2v) is 5.73. The van der Waals surface area contributed by atoms with Gasteiger partial charge in [0.2, 0.25) is 0 Å². The molecule has 4 heteroatoms. The molecular formula is CH6OSi3. The van der Waals surface area contributed by atoms with Crippen molar-refractivity contribution in [1.29, 1.82) is 0 Å². The first-order valence-corrected chi connectivity index (χ1v) is 6.14. The summed E-state index contributed by atoms with van der Waals surface area (Å²) in [5.41, 5.74) is 0. The molecule has 0 aliphatic carbocycles. The van der Waals surface area contributed by atoms with Gasteiger partial charge in [0.25, 0.3) is 0 Å². The highest BCUT2D eigenvalue weighted by molar-refractivity contribution is 6.91. The van der Waals surface area contributed by atoms with Crippen LogP contribution in [0.25, 0.3) is 0 Å². The van der Waals surface area contributed by atoms with Crippen molar-refractivity contribution in [3.63, 3.8) is 0 Å². The fraction of sp³-hybridized carbons (Fsp3) is 0. The fourth-order valence-electron chi connectivity index (χ4n) is 0.0833. The summed E-state index contributed by atoms with van der Waals surface area (Å²) in [5.74, 6) is 0. The molecule has 0 fully saturated rings. The van der Waals surface area contributed by atoms with Gasteiger partial charge in [0.15, 0.2) is 9.28 Å². The van der Waals surface area contributed by atoms with Gasteiger partial charge in [-0.2, -0.15) is 6.00 Å². The lowest BCUT2D eigenvalue weighted by Crippen LogP contribution is -1.93. The molecule has 0 saturated heterocycles. The quantitative estimate of drug-likeness (QED) is 0.348. The molecule has 0 spiro atoms. The van der Waals surface area contributed by atoms with E-state index in [9.17, 15) is 0 Å². The van der Waals surface area contributed by atoms with Crippen LogP contribution in [0.3, 0.4) is 0 Å². The van der Waals surface area contributed by atoms with Crippen LogP contribution in [-0.2, 0) is 4.12 Å². The number of hydrogen-bond acceptors (Lipinski definition) is 1. The second kappa shape index (κ2) is 4.39. The predicted octanol–water partition coefficient (Wildman–Crippen LogP) is -2.42. The van der Waals surface area contributed by atoms with Gasteiger partial charge in [0.1, 0.15) is 10.5 Å². The van der Waals surface area contributed by atoms with Gasteiger partial charge in [-0.25, -0.2) is 0 Å². The Labute approximate surface area is 39.1 Å². The van der Waals surface area contributed by atoms with E-state index in [1.807, 2.05) is 0 Å². The minimum atomic E-state index is -0.201. The van der Waals surface area contributed by atoms with Gasteiger partial charge in [-0.1, -0.05) is 0 Å². The highest BCUT2D eigenvalue weighted by Gasteiger charge is 1.61. The summed E-state index contributed by atoms with van der Waals surface area (Å²) >= 11 is 0. The van der Waals surface area contributed by atoms with E-state index in [0.717, 1.165) is 10.5 Å². The minimum Gasteiger partial charge on any atom is -0.463 e. The van der Waals surface area contributed by atoms with Gasteiger partial charge in [0.05, 0.1) is 0 Å². The largest absolute Gasteiger partial charge is 0.463 e. The molecule has 0 aliphatic rings. The van der Waals surface area contributed by atoms with E-state index in [1.54, 1.807) is 0 Å². The molecule has 0 aromatic heterocycles. The summed E-state index contributed by atoms with van der Waals surface area (Å²) in [7, 11) is 1.30. The third-order valence-corrected chi connectivity index (χ3v) is 4.65. The molecule has 28 valence electrons. The van der Waals surface area contributed by atoms with Crippen molar-refractivity contribution in [1.82, 2.24) is 0 Å². The van der Waals surface area contributed by atoms with Gasteiger partial charge < -0.3 is 4.12 Å². The number of rotatable bonds is 1. The van der Waals surface area contributed by atoms with Crippen molar-refractivity contribution in [2.45, 2.75) is 0 Å². The molecule has 0 bridgehead atoms. The maximum Gasteiger partial charge on any atom is 0.195 e. The molecule has 0 heterocycles. The second-order valence-electron chi connectivity index (χ2n) is 0.637. The fourth-order valence-corrected chi connectivity index (χ4v) is 2.25. The minimum absolute atomic E-state index is 0.201. The molecule has 0 radical (unpaired) electrons. The van der Waals surface area contributed by atoms with Crippen LogP contribution in [0.15, 0.2) is 0 Å². The molecule has 1 nitrogen and oxygen atoms in total. The van der Waals surface area contributed by atoms with E-state index in [-0.39, 0.29) is 9.28 Å². The van der Waals surface area contributed by atoms with Gasteiger partial charge in [-0.05, 0) is 8.48 Å². The van der Waals surface area contributed by atoms with Crippen LogP contribution >= 0.6 is 0 Å². The van der Waals surface area contributed by atoms with Crippen molar-refractivity contribution < 1.29 is 4.12 Å². The van der Waals surface area contributed by atoms with E-state index in [0.29, 0.717) is 8.48 Å². The molecule has 0 aromatic carbocycles. The van der Waals surface area contributed by atoms with Crippen molar-refractivity contribution in [2.24, 2.45) is 0 Å². The molecule has 0 rings (SSSR count). The SMILES string of the molecule is C#[Si][SiH2]O[SiH3]. The van der Waals surface area contributed by atoms with Crippen LogP contribution in [-0.4, -0.2) is 28.2 Å². The predicted molar refractivity (Wildman–Crippen MR) is 30.3 cm³/mol.